The minimum absolute atomic E-state index is 0.219. The van der Waals surface area contributed by atoms with Crippen molar-refractivity contribution in [1.82, 2.24) is 5.43 Å². The number of carbonyl (C=O) groups excluding carboxylic acids is 2. The molecular formula is C23H28ClN3O6S. The van der Waals surface area contributed by atoms with Gasteiger partial charge in [-0.3, -0.25) is 9.10 Å². The molecule has 0 radical (unpaired) electrons. The van der Waals surface area contributed by atoms with Crippen LogP contribution in [0.4, 0.5) is 5.69 Å². The van der Waals surface area contributed by atoms with E-state index in [2.05, 4.69) is 10.5 Å². The van der Waals surface area contributed by atoms with Crippen LogP contribution in [0.15, 0.2) is 47.6 Å². The van der Waals surface area contributed by atoms with Crippen molar-refractivity contribution in [1.29, 1.82) is 0 Å². The molecule has 2 aromatic rings. The lowest BCUT2D eigenvalue weighted by molar-refractivity contribution is -0.157. The normalized spacial score (nSPS) is 11.8. The van der Waals surface area contributed by atoms with Gasteiger partial charge in [0.05, 0.1) is 18.2 Å². The summed E-state index contributed by atoms with van der Waals surface area (Å²) < 4.78 is 36.0. The van der Waals surface area contributed by atoms with Crippen molar-refractivity contribution in [3.05, 3.63) is 58.6 Å². The van der Waals surface area contributed by atoms with Crippen LogP contribution in [0.25, 0.3) is 0 Å². The van der Waals surface area contributed by atoms with E-state index in [9.17, 15) is 18.0 Å². The van der Waals surface area contributed by atoms with E-state index in [-0.39, 0.29) is 6.61 Å². The summed E-state index contributed by atoms with van der Waals surface area (Å²) in [6, 6.07) is 11.4. The summed E-state index contributed by atoms with van der Waals surface area (Å²) in [6.07, 6.45) is 2.40. The zero-order valence-electron chi connectivity index (χ0n) is 19.7. The summed E-state index contributed by atoms with van der Waals surface area (Å²) in [5.41, 5.74) is 3.34. The lowest BCUT2D eigenvalue weighted by Crippen LogP contribution is -2.39. The first kappa shape index (κ1) is 27.1. The molecule has 0 unspecified atom stereocenters. The average molecular weight is 510 g/mol. The number of nitrogens with zero attached hydrogens (tertiary/aromatic N) is 2. The maximum Gasteiger partial charge on any atom is 0.344 e. The van der Waals surface area contributed by atoms with Crippen LogP contribution in [-0.2, 0) is 24.3 Å². The van der Waals surface area contributed by atoms with Crippen molar-refractivity contribution in [2.75, 3.05) is 23.7 Å². The minimum Gasteiger partial charge on any atom is -0.482 e. The monoisotopic (exact) mass is 509 g/mol. The third-order valence-electron chi connectivity index (χ3n) is 4.19. The van der Waals surface area contributed by atoms with Gasteiger partial charge in [0.25, 0.3) is 5.91 Å². The molecule has 0 spiro atoms. The summed E-state index contributed by atoms with van der Waals surface area (Å²) in [6.45, 7) is 6.36. The zero-order valence-corrected chi connectivity index (χ0v) is 21.2. The molecule has 0 atom stereocenters. The number of hydrazone groups is 1. The highest BCUT2D eigenvalue weighted by Crippen LogP contribution is 2.26. The quantitative estimate of drug-likeness (QED) is 0.315. The maximum absolute atomic E-state index is 12.3. The molecule has 184 valence electrons. The number of amides is 1. The van der Waals surface area contributed by atoms with Gasteiger partial charge in [-0.05, 0) is 75.2 Å². The summed E-state index contributed by atoms with van der Waals surface area (Å²) >= 11 is 5.99. The van der Waals surface area contributed by atoms with Crippen molar-refractivity contribution < 1.29 is 27.5 Å². The van der Waals surface area contributed by atoms with Gasteiger partial charge in [0.2, 0.25) is 10.0 Å². The van der Waals surface area contributed by atoms with Crippen molar-refractivity contribution >= 4 is 45.4 Å². The highest BCUT2D eigenvalue weighted by atomic mass is 35.5. The molecular weight excluding hydrogens is 482 g/mol. The van der Waals surface area contributed by atoms with Gasteiger partial charge in [-0.25, -0.2) is 18.6 Å². The molecule has 11 heteroatoms. The van der Waals surface area contributed by atoms with Crippen LogP contribution in [0.2, 0.25) is 5.02 Å². The Kier molecular flexibility index (Phi) is 9.06. The van der Waals surface area contributed by atoms with E-state index in [1.54, 1.807) is 64.1 Å². The van der Waals surface area contributed by atoms with Gasteiger partial charge in [-0.15, -0.1) is 0 Å². The van der Waals surface area contributed by atoms with Crippen molar-refractivity contribution in [3.63, 3.8) is 0 Å². The van der Waals surface area contributed by atoms with Gasteiger partial charge >= 0.3 is 5.97 Å². The first-order valence-corrected chi connectivity index (χ1v) is 12.5. The predicted octanol–water partition coefficient (Wildman–Crippen LogP) is 3.29. The second-order valence-corrected chi connectivity index (χ2v) is 10.8. The van der Waals surface area contributed by atoms with Crippen LogP contribution >= 0.6 is 11.6 Å². The molecule has 2 aromatic carbocycles. The van der Waals surface area contributed by atoms with Crippen LogP contribution in [0.3, 0.4) is 0 Å². The number of hydrogen-bond donors (Lipinski definition) is 1. The number of benzene rings is 2. The lowest BCUT2D eigenvalue weighted by atomic mass is 10.2. The molecule has 0 aromatic heterocycles. The molecule has 2 rings (SSSR count). The summed E-state index contributed by atoms with van der Waals surface area (Å²) in [7, 11) is -3.74. The molecule has 0 bridgehead atoms. The smallest absolute Gasteiger partial charge is 0.344 e. The summed E-state index contributed by atoms with van der Waals surface area (Å²) in [4.78, 5) is 24.0. The number of esters is 1. The molecule has 34 heavy (non-hydrogen) atoms. The zero-order chi connectivity index (χ0) is 25.5. The van der Waals surface area contributed by atoms with E-state index in [1.165, 1.54) is 12.3 Å². The number of aryl methyl sites for hydroxylation is 1. The van der Waals surface area contributed by atoms with Gasteiger partial charge in [-0.2, -0.15) is 5.10 Å². The number of halogens is 1. The highest BCUT2D eigenvalue weighted by molar-refractivity contribution is 7.92. The molecule has 0 aliphatic carbocycles. The van der Waals surface area contributed by atoms with Crippen LogP contribution in [0, 0.1) is 6.92 Å². The Hall–Kier alpha value is -3.11. The van der Waals surface area contributed by atoms with Gasteiger partial charge < -0.3 is 9.47 Å². The Morgan fingerprint density at radius 1 is 1.15 bits per heavy atom. The fraction of sp³-hybridized carbons (Fsp3) is 0.348. The molecule has 0 saturated heterocycles. The van der Waals surface area contributed by atoms with Crippen molar-refractivity contribution in [2.24, 2.45) is 5.10 Å². The number of nitrogens with one attached hydrogen (secondary N) is 1. The Morgan fingerprint density at radius 3 is 2.38 bits per heavy atom. The minimum atomic E-state index is -3.74. The fourth-order valence-corrected chi connectivity index (χ4v) is 3.81. The van der Waals surface area contributed by atoms with Crippen LogP contribution < -0.4 is 14.5 Å². The number of carbonyl (C=O) groups is 2. The number of rotatable bonds is 9. The van der Waals surface area contributed by atoms with Gasteiger partial charge in [-0.1, -0.05) is 17.7 Å². The Labute approximate surface area is 204 Å². The Morgan fingerprint density at radius 2 is 1.79 bits per heavy atom. The molecule has 0 heterocycles. The first-order chi connectivity index (χ1) is 15.7. The third-order valence-corrected chi connectivity index (χ3v) is 5.55. The average Bonchev–Trinajstić information content (AvgIpc) is 2.71. The highest BCUT2D eigenvalue weighted by Gasteiger charge is 2.22. The van der Waals surface area contributed by atoms with E-state index in [0.29, 0.717) is 27.6 Å². The molecule has 0 aliphatic heterocycles. The SMILES string of the molecule is Cc1ccc(Cl)cc1N(CC(=O)N/N=C\c1ccc(OCC(=O)OC(C)(C)C)cc1)S(C)(=O)=O. The first-order valence-electron chi connectivity index (χ1n) is 10.2. The van der Waals surface area contributed by atoms with Crippen molar-refractivity contribution in [2.45, 2.75) is 33.3 Å². The fourth-order valence-electron chi connectivity index (χ4n) is 2.74. The van der Waals surface area contributed by atoms with E-state index >= 15 is 0 Å². The molecule has 9 nitrogen and oxygen atoms in total. The van der Waals surface area contributed by atoms with E-state index in [0.717, 1.165) is 10.6 Å². The second-order valence-electron chi connectivity index (χ2n) is 8.44. The van der Waals surface area contributed by atoms with Crippen molar-refractivity contribution in [3.8, 4) is 5.75 Å². The third kappa shape index (κ3) is 9.03. The molecule has 0 aliphatic rings. The second kappa shape index (κ2) is 11.3. The topological polar surface area (TPSA) is 114 Å². The molecule has 0 saturated carbocycles. The number of sulfonamides is 1. The number of hydrogen-bond acceptors (Lipinski definition) is 7. The number of anilines is 1. The number of ether oxygens (including phenoxy) is 2. The van der Waals surface area contributed by atoms with Gasteiger partial charge in [0.15, 0.2) is 6.61 Å². The Balaban J connectivity index is 1.94. The standard InChI is InChI=1S/C23H28ClN3O6S/c1-16-6-9-18(24)12-20(16)27(34(5,30)31)14-21(28)26-25-13-17-7-10-19(11-8-17)32-15-22(29)33-23(2,3)4/h6-13H,14-15H2,1-5H3,(H,26,28)/b25-13-. The van der Waals surface area contributed by atoms with Crippen LogP contribution in [0.1, 0.15) is 31.9 Å². The van der Waals surface area contributed by atoms with E-state index in [1.807, 2.05) is 0 Å². The van der Waals surface area contributed by atoms with E-state index < -0.39 is 34.0 Å². The molecule has 1 N–H and O–H groups in total. The molecule has 0 fully saturated rings. The van der Waals surface area contributed by atoms with Crippen LogP contribution in [0.5, 0.6) is 5.75 Å². The van der Waals surface area contributed by atoms with E-state index in [4.69, 9.17) is 21.1 Å². The summed E-state index contributed by atoms with van der Waals surface area (Å²) in [5.74, 6) is -0.636. The largest absolute Gasteiger partial charge is 0.482 e. The van der Waals surface area contributed by atoms with Gasteiger partial charge in [0, 0.05) is 5.02 Å². The predicted molar refractivity (Wildman–Crippen MR) is 132 cm³/mol. The maximum atomic E-state index is 12.3. The Bertz CT molecular complexity index is 1160. The van der Waals surface area contributed by atoms with Crippen LogP contribution in [-0.4, -0.2) is 51.5 Å². The molecule has 1 amide bonds. The van der Waals surface area contributed by atoms with Gasteiger partial charge in [0.1, 0.15) is 17.9 Å². The summed E-state index contributed by atoms with van der Waals surface area (Å²) in [5, 5.41) is 4.22. The lowest BCUT2D eigenvalue weighted by Gasteiger charge is -2.23.